The minimum atomic E-state index is -3.77. The fourth-order valence-corrected chi connectivity index (χ4v) is 8.90. The largest absolute Gasteiger partial charge is 0.481 e. The number of sulfonamides is 1. The highest BCUT2D eigenvalue weighted by atomic mass is 32.2. The number of nitrogens with one attached hydrogen (secondary N) is 2. The molecule has 0 aliphatic heterocycles. The molecular formula is C30H40N4O5S2. The number of aromatic nitrogens is 2. The maximum Gasteiger partial charge on any atom is 0.306 e. The van der Waals surface area contributed by atoms with Crippen molar-refractivity contribution in [2.45, 2.75) is 89.6 Å². The first-order valence-electron chi connectivity index (χ1n) is 14.5. The van der Waals surface area contributed by atoms with Crippen LogP contribution in [0.2, 0.25) is 0 Å². The minimum absolute atomic E-state index is 0.173. The van der Waals surface area contributed by atoms with Crippen LogP contribution in [0.15, 0.2) is 28.6 Å². The quantitative estimate of drug-likeness (QED) is 0.294. The molecule has 9 nitrogen and oxygen atoms in total. The van der Waals surface area contributed by atoms with Gasteiger partial charge in [-0.2, -0.15) is 0 Å². The number of carbonyl (C=O) groups is 2. The first kappa shape index (κ1) is 29.7. The zero-order valence-electron chi connectivity index (χ0n) is 24.2. The number of nitrogens with zero attached hydrogens (tertiary/aromatic N) is 2. The molecule has 2 aromatic heterocycles. The Morgan fingerprint density at radius 2 is 1.83 bits per heavy atom. The van der Waals surface area contributed by atoms with Crippen LogP contribution >= 0.6 is 11.3 Å². The van der Waals surface area contributed by atoms with Gasteiger partial charge in [0.05, 0.1) is 32.9 Å². The first-order valence-corrected chi connectivity index (χ1v) is 16.8. The molecule has 0 unspecified atom stereocenters. The van der Waals surface area contributed by atoms with Crippen LogP contribution in [0.25, 0.3) is 21.5 Å². The maximum absolute atomic E-state index is 13.4. The van der Waals surface area contributed by atoms with Crippen molar-refractivity contribution in [3.05, 3.63) is 35.0 Å². The number of benzene rings is 1. The van der Waals surface area contributed by atoms with Crippen molar-refractivity contribution in [2.75, 3.05) is 6.54 Å². The van der Waals surface area contributed by atoms with Gasteiger partial charge < -0.3 is 15.0 Å². The standard InChI is InChI=1S/C30H40N4O5S2/c1-18-23(28(35)31-15-20-12-21(13-20)29(36)37)14-24(34(18)16-19-8-6-5-7-9-19)22-10-11-25(27-26(22)32-17-40-27)41(38,39)33-30(2,3)4/h10-11,14,17,19-21,33H,5-9,12-13,15-16H2,1-4H3,(H,31,35)(H,36,37). The van der Waals surface area contributed by atoms with E-state index >= 15 is 0 Å². The predicted molar refractivity (Wildman–Crippen MR) is 161 cm³/mol. The molecule has 0 atom stereocenters. The number of carboxylic acid groups (broad SMARTS) is 1. The molecule has 0 spiro atoms. The number of hydrogen-bond acceptors (Lipinski definition) is 6. The molecule has 3 aromatic rings. The van der Waals surface area contributed by atoms with Crippen molar-refractivity contribution in [1.29, 1.82) is 0 Å². The first-order chi connectivity index (χ1) is 19.3. The number of amides is 1. The number of aliphatic carboxylic acids is 1. The van der Waals surface area contributed by atoms with Crippen LogP contribution in [-0.4, -0.2) is 47.0 Å². The third-order valence-electron chi connectivity index (χ3n) is 8.37. The Balaban J connectivity index is 1.50. The lowest BCUT2D eigenvalue weighted by Gasteiger charge is -2.32. The molecule has 41 heavy (non-hydrogen) atoms. The van der Waals surface area contributed by atoms with E-state index in [1.54, 1.807) is 11.6 Å². The van der Waals surface area contributed by atoms with Crippen LogP contribution in [0.1, 0.15) is 81.8 Å². The van der Waals surface area contributed by atoms with Crippen molar-refractivity contribution in [1.82, 2.24) is 19.6 Å². The summed E-state index contributed by atoms with van der Waals surface area (Å²) in [7, 11) is -3.77. The SMILES string of the molecule is Cc1c(C(=O)NCC2CC(C(=O)O)C2)cc(-c2ccc(S(=O)(=O)NC(C)(C)C)c3scnc23)n1CC1CCCCC1. The second-order valence-corrected chi connectivity index (χ2v) is 15.2. The second-order valence-electron chi connectivity index (χ2n) is 12.7. The highest BCUT2D eigenvalue weighted by Crippen LogP contribution is 2.38. The average molecular weight is 601 g/mol. The molecule has 0 bridgehead atoms. The van der Waals surface area contributed by atoms with Crippen molar-refractivity contribution in [3.63, 3.8) is 0 Å². The summed E-state index contributed by atoms with van der Waals surface area (Å²) in [4.78, 5) is 29.4. The van der Waals surface area contributed by atoms with E-state index in [1.165, 1.54) is 30.6 Å². The number of carbonyl (C=O) groups excluding carboxylic acids is 1. The highest BCUT2D eigenvalue weighted by molar-refractivity contribution is 7.90. The van der Waals surface area contributed by atoms with E-state index in [2.05, 4.69) is 19.6 Å². The Morgan fingerprint density at radius 1 is 1.12 bits per heavy atom. The molecule has 5 rings (SSSR count). The van der Waals surface area contributed by atoms with Gasteiger partial charge in [-0.15, -0.1) is 11.3 Å². The molecule has 2 saturated carbocycles. The number of thiazole rings is 1. The second kappa shape index (κ2) is 11.5. The summed E-state index contributed by atoms with van der Waals surface area (Å²) in [5, 5.41) is 12.2. The van der Waals surface area contributed by atoms with Crippen LogP contribution in [0.4, 0.5) is 0 Å². The van der Waals surface area contributed by atoms with Gasteiger partial charge >= 0.3 is 5.97 Å². The number of hydrogen-bond donors (Lipinski definition) is 3. The Labute approximate surface area is 245 Å². The third kappa shape index (κ3) is 6.36. The lowest BCUT2D eigenvalue weighted by atomic mass is 9.75. The van der Waals surface area contributed by atoms with E-state index in [4.69, 9.17) is 5.11 Å². The summed E-state index contributed by atoms with van der Waals surface area (Å²) in [5.41, 5.74) is 4.76. The van der Waals surface area contributed by atoms with Gasteiger partial charge in [-0.05, 0) is 83.4 Å². The van der Waals surface area contributed by atoms with Gasteiger partial charge in [0.25, 0.3) is 5.91 Å². The predicted octanol–water partition coefficient (Wildman–Crippen LogP) is 5.57. The van der Waals surface area contributed by atoms with E-state index in [1.807, 2.05) is 39.8 Å². The summed E-state index contributed by atoms with van der Waals surface area (Å²) in [5.74, 6) is -0.570. The van der Waals surface area contributed by atoms with E-state index in [0.29, 0.717) is 41.1 Å². The van der Waals surface area contributed by atoms with E-state index < -0.39 is 21.5 Å². The summed E-state index contributed by atoms with van der Waals surface area (Å²) in [6.45, 7) is 8.64. The Kier molecular flexibility index (Phi) is 8.33. The van der Waals surface area contributed by atoms with Gasteiger partial charge in [-0.3, -0.25) is 9.59 Å². The van der Waals surface area contributed by atoms with Gasteiger partial charge in [-0.25, -0.2) is 18.1 Å². The molecule has 3 N–H and O–H groups in total. The molecule has 0 radical (unpaired) electrons. The zero-order valence-corrected chi connectivity index (χ0v) is 25.8. The molecule has 11 heteroatoms. The average Bonchev–Trinajstić information content (AvgIpc) is 3.47. The maximum atomic E-state index is 13.4. The topological polar surface area (TPSA) is 130 Å². The van der Waals surface area contributed by atoms with E-state index in [-0.39, 0.29) is 22.6 Å². The van der Waals surface area contributed by atoms with Crippen LogP contribution in [0.3, 0.4) is 0 Å². The summed E-state index contributed by atoms with van der Waals surface area (Å²) < 4.78 is 32.1. The smallest absolute Gasteiger partial charge is 0.306 e. The van der Waals surface area contributed by atoms with Crippen LogP contribution < -0.4 is 10.0 Å². The molecule has 2 aliphatic rings. The van der Waals surface area contributed by atoms with E-state index in [9.17, 15) is 18.0 Å². The molecule has 2 aliphatic carbocycles. The van der Waals surface area contributed by atoms with Gasteiger partial charge in [0.2, 0.25) is 10.0 Å². The van der Waals surface area contributed by atoms with Crippen molar-refractivity contribution in [2.24, 2.45) is 17.8 Å². The fourth-order valence-electron chi connectivity index (χ4n) is 6.20. The Hall–Kier alpha value is -2.76. The monoisotopic (exact) mass is 600 g/mol. The van der Waals surface area contributed by atoms with Gasteiger partial charge in [0, 0.05) is 29.9 Å². The lowest BCUT2D eigenvalue weighted by molar-refractivity contribution is -0.146. The third-order valence-corrected chi connectivity index (χ3v) is 11.2. The molecule has 222 valence electrons. The number of rotatable bonds is 9. The lowest BCUT2D eigenvalue weighted by Crippen LogP contribution is -2.40. The molecule has 2 heterocycles. The molecule has 0 saturated heterocycles. The Morgan fingerprint density at radius 3 is 2.49 bits per heavy atom. The normalized spacial score (nSPS) is 20.2. The molecule has 1 aromatic carbocycles. The zero-order chi connectivity index (χ0) is 29.5. The van der Waals surface area contributed by atoms with Crippen LogP contribution in [0, 0.1) is 24.7 Å². The van der Waals surface area contributed by atoms with Crippen molar-refractivity contribution >= 4 is 43.5 Å². The number of carboxylic acids is 1. The summed E-state index contributed by atoms with van der Waals surface area (Å²) in [6, 6.07) is 5.37. The summed E-state index contributed by atoms with van der Waals surface area (Å²) in [6.07, 6.45) is 7.13. The summed E-state index contributed by atoms with van der Waals surface area (Å²) >= 11 is 1.30. The molecular weight excluding hydrogens is 560 g/mol. The van der Waals surface area contributed by atoms with Crippen molar-refractivity contribution < 1.29 is 23.1 Å². The van der Waals surface area contributed by atoms with Crippen molar-refractivity contribution in [3.8, 4) is 11.3 Å². The van der Waals surface area contributed by atoms with Gasteiger partial charge in [0.1, 0.15) is 4.90 Å². The van der Waals surface area contributed by atoms with Crippen LogP contribution in [-0.2, 0) is 21.4 Å². The van der Waals surface area contributed by atoms with Crippen LogP contribution in [0.5, 0.6) is 0 Å². The highest BCUT2D eigenvalue weighted by Gasteiger charge is 2.35. The molecule has 1 amide bonds. The Bertz CT molecular complexity index is 1560. The fraction of sp³-hybridized carbons (Fsp3) is 0.567. The van der Waals surface area contributed by atoms with Gasteiger partial charge in [0.15, 0.2) is 0 Å². The van der Waals surface area contributed by atoms with E-state index in [0.717, 1.165) is 36.3 Å². The minimum Gasteiger partial charge on any atom is -0.481 e. The molecule has 2 fully saturated rings. The van der Waals surface area contributed by atoms with Gasteiger partial charge in [-0.1, -0.05) is 19.3 Å². The number of fused-ring (bicyclic) bond motifs is 1.